The van der Waals surface area contributed by atoms with Crippen LogP contribution in [0.4, 0.5) is 0 Å². The minimum absolute atomic E-state index is 0.419. The zero-order valence-electron chi connectivity index (χ0n) is 8.89. The molecule has 0 aliphatic heterocycles. The molecule has 0 spiro atoms. The lowest BCUT2D eigenvalue weighted by Crippen LogP contribution is -2.44. The van der Waals surface area contributed by atoms with Crippen molar-refractivity contribution in [3.05, 3.63) is 16.1 Å². The summed E-state index contributed by atoms with van der Waals surface area (Å²) in [6, 6.07) is -1.04. The first kappa shape index (κ1) is 12.6. The number of nitrogens with zero attached hydrogens (tertiary/aromatic N) is 1. The van der Waals surface area contributed by atoms with Crippen molar-refractivity contribution in [2.45, 2.75) is 13.0 Å². The number of carbonyl (C=O) groups is 2. The lowest BCUT2D eigenvalue weighted by atomic mass is 10.3. The molecule has 6 nitrogen and oxygen atoms in total. The molecular formula is C9H12N2O4S. The lowest BCUT2D eigenvalue weighted by Gasteiger charge is -2.12. The van der Waals surface area contributed by atoms with Crippen molar-refractivity contribution in [3.63, 3.8) is 0 Å². The Bertz CT molecular complexity index is 391. The molecule has 2 N–H and O–H groups in total. The number of esters is 1. The van der Waals surface area contributed by atoms with Gasteiger partial charge in [0.1, 0.15) is 4.88 Å². The van der Waals surface area contributed by atoms with Gasteiger partial charge in [-0.15, -0.1) is 11.3 Å². The number of methoxy groups -OCH3 is 1. The summed E-state index contributed by atoms with van der Waals surface area (Å²) in [7, 11) is 1.19. The summed E-state index contributed by atoms with van der Waals surface area (Å²) in [5.74, 6) is -1.12. The van der Waals surface area contributed by atoms with E-state index in [1.807, 2.05) is 0 Å². The van der Waals surface area contributed by atoms with E-state index in [1.54, 1.807) is 6.92 Å². The normalized spacial score (nSPS) is 11.9. The number of thiazole rings is 1. The second-order valence-corrected chi connectivity index (χ2v) is 3.85. The molecule has 0 saturated carbocycles. The third-order valence-electron chi connectivity index (χ3n) is 1.93. The number of ether oxygens (including phenoxy) is 1. The summed E-state index contributed by atoms with van der Waals surface area (Å²) >= 11 is 1.17. The summed E-state index contributed by atoms with van der Waals surface area (Å²) in [5.41, 5.74) is 2.13. The molecule has 1 heterocycles. The Morgan fingerprint density at radius 1 is 1.69 bits per heavy atom. The van der Waals surface area contributed by atoms with Gasteiger partial charge in [0.05, 0.1) is 24.9 Å². The number of aromatic nitrogens is 1. The van der Waals surface area contributed by atoms with Crippen molar-refractivity contribution in [1.82, 2.24) is 10.3 Å². The highest BCUT2D eigenvalue weighted by Gasteiger charge is 2.22. The van der Waals surface area contributed by atoms with E-state index >= 15 is 0 Å². The fraction of sp³-hybridized carbons (Fsp3) is 0.444. The van der Waals surface area contributed by atoms with Gasteiger partial charge in [0, 0.05) is 0 Å². The zero-order chi connectivity index (χ0) is 12.1. The number of aryl methyl sites for hydroxylation is 1. The van der Waals surface area contributed by atoms with Gasteiger partial charge in [0.15, 0.2) is 6.04 Å². The molecule has 1 atom stereocenters. The van der Waals surface area contributed by atoms with Crippen LogP contribution in [0.15, 0.2) is 5.51 Å². The highest BCUT2D eigenvalue weighted by Crippen LogP contribution is 2.11. The molecule has 1 aromatic heterocycles. The Morgan fingerprint density at radius 3 is 2.81 bits per heavy atom. The molecule has 7 heteroatoms. The van der Waals surface area contributed by atoms with Crippen LogP contribution in [0.3, 0.4) is 0 Å². The van der Waals surface area contributed by atoms with Crippen LogP contribution in [0.2, 0.25) is 0 Å². The van der Waals surface area contributed by atoms with Crippen LogP contribution in [0, 0.1) is 6.92 Å². The summed E-state index contributed by atoms with van der Waals surface area (Å²) in [6.45, 7) is 1.19. The van der Waals surface area contributed by atoms with Gasteiger partial charge in [-0.1, -0.05) is 0 Å². The molecule has 0 aliphatic carbocycles. The number of nitrogens with one attached hydrogen (secondary N) is 1. The van der Waals surface area contributed by atoms with Crippen LogP contribution in [0.1, 0.15) is 15.4 Å². The van der Waals surface area contributed by atoms with Crippen LogP contribution in [0.5, 0.6) is 0 Å². The monoisotopic (exact) mass is 244 g/mol. The highest BCUT2D eigenvalue weighted by atomic mass is 32.1. The summed E-state index contributed by atoms with van der Waals surface area (Å²) in [5, 5.41) is 11.3. The smallest absolute Gasteiger partial charge is 0.330 e. The van der Waals surface area contributed by atoms with Gasteiger partial charge in [-0.3, -0.25) is 4.79 Å². The Labute approximate surface area is 96.3 Å². The third kappa shape index (κ3) is 2.77. The Hall–Kier alpha value is -1.47. The summed E-state index contributed by atoms with van der Waals surface area (Å²) in [4.78, 5) is 27.1. The van der Waals surface area contributed by atoms with Gasteiger partial charge in [0.2, 0.25) is 0 Å². The SMILES string of the molecule is COC(=O)C(CO)NC(=O)c1scnc1C. The van der Waals surface area contributed by atoms with Gasteiger partial charge in [-0.05, 0) is 6.92 Å². The van der Waals surface area contributed by atoms with Gasteiger partial charge in [-0.25, -0.2) is 9.78 Å². The second kappa shape index (κ2) is 5.57. The molecule has 0 aromatic carbocycles. The molecule has 0 aliphatic rings. The first-order valence-corrected chi connectivity index (χ1v) is 5.37. The van der Waals surface area contributed by atoms with Crippen molar-refractivity contribution in [2.24, 2.45) is 0 Å². The molecular weight excluding hydrogens is 232 g/mol. The van der Waals surface area contributed by atoms with E-state index in [9.17, 15) is 9.59 Å². The van der Waals surface area contributed by atoms with E-state index in [1.165, 1.54) is 24.0 Å². The molecule has 0 saturated heterocycles. The van der Waals surface area contributed by atoms with E-state index in [0.717, 1.165) is 0 Å². The number of hydrogen-bond donors (Lipinski definition) is 2. The average molecular weight is 244 g/mol. The third-order valence-corrected chi connectivity index (χ3v) is 2.85. The Balaban J connectivity index is 2.70. The number of hydrogen-bond acceptors (Lipinski definition) is 6. The summed E-state index contributed by atoms with van der Waals surface area (Å²) < 4.78 is 4.43. The average Bonchev–Trinajstić information content (AvgIpc) is 2.71. The second-order valence-electron chi connectivity index (χ2n) is 3.00. The van der Waals surface area contributed by atoms with Crippen molar-refractivity contribution >= 4 is 23.2 Å². The fourth-order valence-electron chi connectivity index (χ4n) is 1.06. The predicted octanol–water partition coefficient (Wildman–Crippen LogP) is -0.285. The van der Waals surface area contributed by atoms with Crippen LogP contribution in [-0.4, -0.2) is 41.7 Å². The maximum Gasteiger partial charge on any atom is 0.330 e. The van der Waals surface area contributed by atoms with E-state index in [4.69, 9.17) is 5.11 Å². The predicted molar refractivity (Wildman–Crippen MR) is 57.2 cm³/mol. The number of rotatable bonds is 4. The standard InChI is InChI=1S/C9H12N2O4S/c1-5-7(16-4-10-5)8(13)11-6(3-12)9(14)15-2/h4,6,12H,3H2,1-2H3,(H,11,13). The first-order chi connectivity index (χ1) is 7.60. The first-order valence-electron chi connectivity index (χ1n) is 4.49. The van der Waals surface area contributed by atoms with Crippen molar-refractivity contribution < 1.29 is 19.4 Å². The van der Waals surface area contributed by atoms with E-state index in [2.05, 4.69) is 15.0 Å². The fourth-order valence-corrected chi connectivity index (χ4v) is 1.77. The Kier molecular flexibility index (Phi) is 4.39. The van der Waals surface area contributed by atoms with Crippen LogP contribution in [0.25, 0.3) is 0 Å². The van der Waals surface area contributed by atoms with Crippen molar-refractivity contribution in [2.75, 3.05) is 13.7 Å². The molecule has 0 fully saturated rings. The number of aliphatic hydroxyl groups is 1. The maximum absolute atomic E-state index is 11.7. The minimum atomic E-state index is -1.04. The Morgan fingerprint density at radius 2 is 2.38 bits per heavy atom. The number of carbonyl (C=O) groups excluding carboxylic acids is 2. The maximum atomic E-state index is 11.7. The van der Waals surface area contributed by atoms with Crippen molar-refractivity contribution in [1.29, 1.82) is 0 Å². The van der Waals surface area contributed by atoms with Gasteiger partial charge in [-0.2, -0.15) is 0 Å². The van der Waals surface area contributed by atoms with E-state index in [-0.39, 0.29) is 0 Å². The largest absolute Gasteiger partial charge is 0.467 e. The molecule has 0 radical (unpaired) electrons. The summed E-state index contributed by atoms with van der Waals surface area (Å²) in [6.07, 6.45) is 0. The lowest BCUT2D eigenvalue weighted by molar-refractivity contribution is -0.143. The number of amides is 1. The molecule has 0 bridgehead atoms. The van der Waals surface area contributed by atoms with Crippen LogP contribution >= 0.6 is 11.3 Å². The van der Waals surface area contributed by atoms with Gasteiger partial charge < -0.3 is 15.2 Å². The number of aliphatic hydroxyl groups excluding tert-OH is 1. The highest BCUT2D eigenvalue weighted by molar-refractivity contribution is 7.11. The minimum Gasteiger partial charge on any atom is -0.467 e. The molecule has 88 valence electrons. The van der Waals surface area contributed by atoms with Gasteiger partial charge >= 0.3 is 5.97 Å². The molecule has 1 aromatic rings. The molecule has 1 unspecified atom stereocenters. The molecule has 1 rings (SSSR count). The van der Waals surface area contributed by atoms with E-state index in [0.29, 0.717) is 10.6 Å². The quantitative estimate of drug-likeness (QED) is 0.711. The van der Waals surface area contributed by atoms with Gasteiger partial charge in [0.25, 0.3) is 5.91 Å². The molecule has 1 amide bonds. The topological polar surface area (TPSA) is 88.5 Å². The van der Waals surface area contributed by atoms with E-state index < -0.39 is 24.5 Å². The zero-order valence-corrected chi connectivity index (χ0v) is 9.71. The van der Waals surface area contributed by atoms with Crippen LogP contribution in [-0.2, 0) is 9.53 Å². The molecule has 16 heavy (non-hydrogen) atoms. The van der Waals surface area contributed by atoms with Crippen molar-refractivity contribution in [3.8, 4) is 0 Å². The van der Waals surface area contributed by atoms with Crippen LogP contribution < -0.4 is 5.32 Å².